The number of hydrogen-bond acceptors (Lipinski definition) is 7. The van der Waals surface area contributed by atoms with Gasteiger partial charge < -0.3 is 15.2 Å². The van der Waals surface area contributed by atoms with Gasteiger partial charge in [-0.3, -0.25) is 0 Å². The lowest BCUT2D eigenvalue weighted by Gasteiger charge is -2.11. The molecule has 0 amide bonds. The van der Waals surface area contributed by atoms with Crippen LogP contribution in [-0.4, -0.2) is 23.6 Å². The normalized spacial score (nSPS) is 10.4. The lowest BCUT2D eigenvalue weighted by Crippen LogP contribution is -1.95. The molecular weight excluding hydrogens is 270 g/mol. The Labute approximate surface area is 113 Å². The van der Waals surface area contributed by atoms with E-state index in [1.807, 2.05) is 13.0 Å². The molecule has 0 aliphatic rings. The quantitative estimate of drug-likeness (QED) is 0.870. The second-order valence-electron chi connectivity index (χ2n) is 3.45. The van der Waals surface area contributed by atoms with E-state index in [1.54, 1.807) is 20.3 Å². The minimum Gasteiger partial charge on any atom is -0.493 e. The van der Waals surface area contributed by atoms with Crippen molar-refractivity contribution in [1.29, 1.82) is 0 Å². The van der Waals surface area contributed by atoms with Crippen LogP contribution in [-0.2, 0) is 0 Å². The van der Waals surface area contributed by atoms with Crippen LogP contribution in [0.15, 0.2) is 21.4 Å². The van der Waals surface area contributed by atoms with E-state index in [0.717, 1.165) is 15.1 Å². The molecule has 1 aromatic heterocycles. The van der Waals surface area contributed by atoms with Crippen molar-refractivity contribution in [2.24, 2.45) is 0 Å². The van der Waals surface area contributed by atoms with Crippen molar-refractivity contribution in [3.05, 3.63) is 18.0 Å². The van der Waals surface area contributed by atoms with Crippen LogP contribution >= 0.6 is 23.3 Å². The topological polar surface area (TPSA) is 70.3 Å². The monoisotopic (exact) mass is 283 g/mol. The third kappa shape index (κ3) is 2.68. The number of nitrogens with two attached hydrogens (primary N) is 1. The fourth-order valence-corrected chi connectivity index (χ4v) is 3.04. The van der Waals surface area contributed by atoms with Crippen molar-refractivity contribution in [2.45, 2.75) is 16.2 Å². The Bertz CT molecular complexity index is 557. The van der Waals surface area contributed by atoms with E-state index in [-0.39, 0.29) is 0 Å². The number of anilines is 1. The molecule has 0 saturated carbocycles. The van der Waals surface area contributed by atoms with Crippen LogP contribution in [0.4, 0.5) is 5.69 Å². The molecule has 0 aliphatic heterocycles. The molecule has 2 aromatic rings. The molecule has 0 bridgehead atoms. The predicted octanol–water partition coefficient (Wildman–Crippen LogP) is 2.60. The summed E-state index contributed by atoms with van der Waals surface area (Å²) in [6.07, 6.45) is 0. The van der Waals surface area contributed by atoms with Gasteiger partial charge in [-0.1, -0.05) is 11.8 Å². The number of rotatable bonds is 4. The fraction of sp³-hybridized carbons (Fsp3) is 0.273. The Balaban J connectivity index is 2.33. The van der Waals surface area contributed by atoms with E-state index in [1.165, 1.54) is 23.3 Å². The molecule has 0 spiro atoms. The van der Waals surface area contributed by atoms with Crippen molar-refractivity contribution in [3.63, 3.8) is 0 Å². The van der Waals surface area contributed by atoms with E-state index in [0.29, 0.717) is 17.2 Å². The first-order valence-electron chi connectivity index (χ1n) is 5.13. The number of hydrogen-bond donors (Lipinski definition) is 1. The highest BCUT2D eigenvalue weighted by Crippen LogP contribution is 2.40. The molecule has 0 unspecified atom stereocenters. The summed E-state index contributed by atoms with van der Waals surface area (Å²) in [6, 6.07) is 3.59. The molecule has 0 saturated heterocycles. The van der Waals surface area contributed by atoms with Crippen molar-refractivity contribution in [3.8, 4) is 11.5 Å². The molecule has 7 heteroatoms. The molecule has 1 heterocycles. The van der Waals surface area contributed by atoms with Gasteiger partial charge in [-0.25, -0.2) is 4.98 Å². The summed E-state index contributed by atoms with van der Waals surface area (Å²) in [5.41, 5.74) is 6.61. The van der Waals surface area contributed by atoms with Gasteiger partial charge in [-0.05, 0) is 18.5 Å². The number of methoxy groups -OCH3 is 2. The van der Waals surface area contributed by atoms with E-state index in [2.05, 4.69) is 9.36 Å². The zero-order chi connectivity index (χ0) is 13.1. The number of aromatic nitrogens is 2. The summed E-state index contributed by atoms with van der Waals surface area (Å²) >= 11 is 2.82. The van der Waals surface area contributed by atoms with Crippen molar-refractivity contribution < 1.29 is 9.47 Å². The zero-order valence-corrected chi connectivity index (χ0v) is 11.9. The largest absolute Gasteiger partial charge is 0.493 e. The van der Waals surface area contributed by atoms with E-state index in [9.17, 15) is 0 Å². The Kier molecular flexibility index (Phi) is 3.93. The Hall–Kier alpha value is -1.47. The van der Waals surface area contributed by atoms with E-state index < -0.39 is 0 Å². The Morgan fingerprint density at radius 1 is 1.22 bits per heavy atom. The van der Waals surface area contributed by atoms with Gasteiger partial charge in [0, 0.05) is 22.7 Å². The number of aryl methyl sites for hydroxylation is 1. The molecule has 0 atom stereocenters. The predicted molar refractivity (Wildman–Crippen MR) is 72.7 cm³/mol. The summed E-state index contributed by atoms with van der Waals surface area (Å²) in [7, 11) is 3.18. The van der Waals surface area contributed by atoms with E-state index in [4.69, 9.17) is 15.2 Å². The molecule has 2 N–H and O–H groups in total. The molecule has 96 valence electrons. The summed E-state index contributed by atoms with van der Waals surface area (Å²) < 4.78 is 15.4. The Morgan fingerprint density at radius 2 is 1.89 bits per heavy atom. The maximum absolute atomic E-state index is 5.98. The highest BCUT2D eigenvalue weighted by molar-refractivity contribution is 8.01. The summed E-state index contributed by atoms with van der Waals surface area (Å²) in [5.74, 6) is 2.03. The van der Waals surface area contributed by atoms with Crippen LogP contribution in [0.3, 0.4) is 0 Å². The summed E-state index contributed by atoms with van der Waals surface area (Å²) in [5, 5.41) is 0. The van der Waals surface area contributed by atoms with Crippen LogP contribution in [0, 0.1) is 6.92 Å². The molecule has 2 rings (SSSR count). The molecule has 0 radical (unpaired) electrons. The summed E-state index contributed by atoms with van der Waals surface area (Å²) in [6.45, 7) is 1.86. The molecule has 0 fully saturated rings. The third-order valence-corrected chi connectivity index (χ3v) is 4.14. The first kappa shape index (κ1) is 13.0. The average Bonchev–Trinajstić information content (AvgIpc) is 2.77. The average molecular weight is 283 g/mol. The van der Waals surface area contributed by atoms with Crippen LogP contribution in [0.5, 0.6) is 11.5 Å². The van der Waals surface area contributed by atoms with Gasteiger partial charge in [0.2, 0.25) is 0 Å². The number of ether oxygens (including phenoxy) is 2. The number of nitrogen functional groups attached to an aromatic ring is 1. The SMILES string of the molecule is COc1cc(N)c(Sc2nc(C)ns2)cc1OC. The van der Waals surface area contributed by atoms with Gasteiger partial charge in [0.15, 0.2) is 15.8 Å². The van der Waals surface area contributed by atoms with Crippen LogP contribution in [0.1, 0.15) is 5.82 Å². The smallest absolute Gasteiger partial charge is 0.174 e. The van der Waals surface area contributed by atoms with Gasteiger partial charge in [0.25, 0.3) is 0 Å². The lowest BCUT2D eigenvalue weighted by molar-refractivity contribution is 0.354. The number of benzene rings is 1. The first-order chi connectivity index (χ1) is 8.63. The minimum absolute atomic E-state index is 0.618. The van der Waals surface area contributed by atoms with Gasteiger partial charge >= 0.3 is 0 Å². The van der Waals surface area contributed by atoms with Crippen LogP contribution < -0.4 is 15.2 Å². The molecule has 0 aliphatic carbocycles. The van der Waals surface area contributed by atoms with Crippen molar-refractivity contribution in [1.82, 2.24) is 9.36 Å². The lowest BCUT2D eigenvalue weighted by atomic mass is 10.3. The zero-order valence-electron chi connectivity index (χ0n) is 10.3. The van der Waals surface area contributed by atoms with Gasteiger partial charge in [0.1, 0.15) is 5.82 Å². The van der Waals surface area contributed by atoms with Gasteiger partial charge in [0.05, 0.1) is 14.2 Å². The molecule has 1 aromatic carbocycles. The highest BCUT2D eigenvalue weighted by Gasteiger charge is 2.12. The standard InChI is InChI=1S/C11H13N3O2S2/c1-6-13-11(18-14-6)17-10-5-9(16-3)8(15-2)4-7(10)12/h4-5H,12H2,1-3H3. The molecule has 18 heavy (non-hydrogen) atoms. The maximum atomic E-state index is 5.98. The second-order valence-corrected chi connectivity index (χ2v) is 5.50. The van der Waals surface area contributed by atoms with E-state index >= 15 is 0 Å². The fourth-order valence-electron chi connectivity index (χ4n) is 1.38. The van der Waals surface area contributed by atoms with Crippen molar-refractivity contribution in [2.75, 3.05) is 20.0 Å². The maximum Gasteiger partial charge on any atom is 0.174 e. The number of nitrogens with zero attached hydrogens (tertiary/aromatic N) is 2. The second kappa shape index (κ2) is 5.45. The first-order valence-corrected chi connectivity index (χ1v) is 6.72. The highest BCUT2D eigenvalue weighted by atomic mass is 32.2. The summed E-state index contributed by atoms with van der Waals surface area (Å²) in [4.78, 5) is 5.17. The Morgan fingerprint density at radius 3 is 2.44 bits per heavy atom. The third-order valence-electron chi connectivity index (χ3n) is 2.22. The van der Waals surface area contributed by atoms with Gasteiger partial charge in [-0.15, -0.1) is 0 Å². The van der Waals surface area contributed by atoms with Gasteiger partial charge in [-0.2, -0.15) is 4.37 Å². The van der Waals surface area contributed by atoms with Crippen LogP contribution in [0.25, 0.3) is 0 Å². The molecule has 5 nitrogen and oxygen atoms in total. The molecular formula is C11H13N3O2S2. The minimum atomic E-state index is 0.618. The van der Waals surface area contributed by atoms with Crippen LogP contribution in [0.2, 0.25) is 0 Å². The van der Waals surface area contributed by atoms with Crippen molar-refractivity contribution >= 4 is 29.0 Å².